The molecule has 0 spiro atoms. The number of nitrogens with two attached hydrogens (primary N) is 1. The molecule has 1 saturated heterocycles. The van der Waals surface area contributed by atoms with E-state index in [0.29, 0.717) is 26.2 Å². The number of urea groups is 1. The summed E-state index contributed by atoms with van der Waals surface area (Å²) in [5.74, 6) is 0.106. The molecule has 2 aliphatic heterocycles. The summed E-state index contributed by atoms with van der Waals surface area (Å²) in [4.78, 5) is 27.1. The van der Waals surface area contributed by atoms with Gasteiger partial charge in [-0.1, -0.05) is 18.2 Å². The molecular formula is C15H20N4O2. The molecule has 3 rings (SSSR count). The van der Waals surface area contributed by atoms with Gasteiger partial charge in [-0.05, 0) is 18.1 Å². The number of benzene rings is 1. The van der Waals surface area contributed by atoms with E-state index >= 15 is 0 Å². The molecule has 3 N–H and O–H groups in total. The van der Waals surface area contributed by atoms with Gasteiger partial charge in [-0.15, -0.1) is 0 Å². The van der Waals surface area contributed by atoms with Crippen LogP contribution in [0.15, 0.2) is 18.2 Å². The third kappa shape index (κ3) is 2.53. The number of nitrogens with one attached hydrogen (secondary N) is 1. The van der Waals surface area contributed by atoms with Crippen LogP contribution in [0.3, 0.4) is 0 Å². The molecular weight excluding hydrogens is 268 g/mol. The zero-order valence-corrected chi connectivity index (χ0v) is 12.1. The van der Waals surface area contributed by atoms with E-state index in [4.69, 9.17) is 5.73 Å². The Kier molecular flexibility index (Phi) is 3.45. The number of nitrogens with zero attached hydrogens (tertiary/aromatic N) is 2. The molecule has 0 aromatic heterocycles. The van der Waals surface area contributed by atoms with Crippen LogP contribution in [-0.2, 0) is 11.2 Å². The highest BCUT2D eigenvalue weighted by Crippen LogP contribution is 2.29. The highest BCUT2D eigenvalue weighted by molar-refractivity contribution is 5.88. The van der Waals surface area contributed by atoms with E-state index in [9.17, 15) is 9.59 Å². The van der Waals surface area contributed by atoms with Crippen LogP contribution < -0.4 is 11.1 Å². The molecule has 0 aliphatic carbocycles. The van der Waals surface area contributed by atoms with Gasteiger partial charge in [0.25, 0.3) is 0 Å². The first kappa shape index (κ1) is 13.7. The fourth-order valence-corrected chi connectivity index (χ4v) is 3.07. The van der Waals surface area contributed by atoms with E-state index < -0.39 is 6.03 Å². The minimum absolute atomic E-state index is 0.106. The summed E-state index contributed by atoms with van der Waals surface area (Å²) in [6.07, 6.45) is 0.728. The van der Waals surface area contributed by atoms with Gasteiger partial charge in [-0.2, -0.15) is 0 Å². The van der Waals surface area contributed by atoms with Crippen LogP contribution in [0.2, 0.25) is 0 Å². The Bertz CT molecular complexity index is 579. The lowest BCUT2D eigenvalue weighted by Gasteiger charge is -2.35. The maximum atomic E-state index is 12.6. The first-order valence-electron chi connectivity index (χ1n) is 7.24. The van der Waals surface area contributed by atoms with Gasteiger partial charge in [0.2, 0.25) is 5.91 Å². The second-order valence-electron chi connectivity index (χ2n) is 5.66. The molecule has 112 valence electrons. The normalized spacial score (nSPS) is 20.9. The Morgan fingerprint density at radius 3 is 2.48 bits per heavy atom. The molecule has 0 saturated carbocycles. The lowest BCUT2D eigenvalue weighted by molar-refractivity contribution is -0.133. The largest absolute Gasteiger partial charge is 0.373 e. The van der Waals surface area contributed by atoms with Crippen LogP contribution in [0.1, 0.15) is 11.1 Å². The highest BCUT2D eigenvalue weighted by atomic mass is 16.2. The summed E-state index contributed by atoms with van der Waals surface area (Å²) >= 11 is 0. The Labute approximate surface area is 123 Å². The van der Waals surface area contributed by atoms with Crippen LogP contribution in [0.5, 0.6) is 0 Å². The van der Waals surface area contributed by atoms with Gasteiger partial charge in [0.15, 0.2) is 0 Å². The zero-order chi connectivity index (χ0) is 15.0. The molecule has 6 nitrogen and oxygen atoms in total. The number of para-hydroxylation sites is 1. The van der Waals surface area contributed by atoms with Gasteiger partial charge in [-0.3, -0.25) is 4.79 Å². The summed E-state index contributed by atoms with van der Waals surface area (Å²) in [6.45, 7) is 4.18. The van der Waals surface area contributed by atoms with Gasteiger partial charge in [0, 0.05) is 38.3 Å². The zero-order valence-electron chi connectivity index (χ0n) is 12.1. The number of piperazine rings is 1. The van der Waals surface area contributed by atoms with Crippen LogP contribution in [0.25, 0.3) is 0 Å². The maximum Gasteiger partial charge on any atom is 0.314 e. The predicted molar refractivity (Wildman–Crippen MR) is 80.0 cm³/mol. The fourth-order valence-electron chi connectivity index (χ4n) is 3.07. The molecule has 2 aliphatic rings. The number of primary amides is 1. The topological polar surface area (TPSA) is 78.7 Å². The molecule has 0 bridgehead atoms. The van der Waals surface area contributed by atoms with Gasteiger partial charge < -0.3 is 20.9 Å². The number of rotatable bonds is 1. The van der Waals surface area contributed by atoms with E-state index in [1.54, 1.807) is 4.90 Å². The van der Waals surface area contributed by atoms with Crippen molar-refractivity contribution >= 4 is 17.6 Å². The number of carbonyl (C=O) groups is 2. The van der Waals surface area contributed by atoms with Crippen molar-refractivity contribution < 1.29 is 9.59 Å². The summed E-state index contributed by atoms with van der Waals surface area (Å²) in [6, 6.07) is 5.53. The van der Waals surface area contributed by atoms with Crippen molar-refractivity contribution in [3.8, 4) is 0 Å². The smallest absolute Gasteiger partial charge is 0.314 e. The van der Waals surface area contributed by atoms with E-state index in [2.05, 4.69) is 11.4 Å². The van der Waals surface area contributed by atoms with Crippen molar-refractivity contribution in [3.63, 3.8) is 0 Å². The molecule has 1 aromatic carbocycles. The first-order valence-corrected chi connectivity index (χ1v) is 7.24. The van der Waals surface area contributed by atoms with Crippen molar-refractivity contribution in [1.82, 2.24) is 9.80 Å². The maximum absolute atomic E-state index is 12.6. The van der Waals surface area contributed by atoms with E-state index in [0.717, 1.165) is 12.1 Å². The van der Waals surface area contributed by atoms with Crippen molar-refractivity contribution in [1.29, 1.82) is 0 Å². The monoisotopic (exact) mass is 288 g/mol. The van der Waals surface area contributed by atoms with E-state index in [1.165, 1.54) is 11.1 Å². The lowest BCUT2D eigenvalue weighted by atomic mass is 10.1. The number of hydrogen-bond acceptors (Lipinski definition) is 3. The van der Waals surface area contributed by atoms with Gasteiger partial charge in [0.05, 0.1) is 0 Å². The molecule has 6 heteroatoms. The summed E-state index contributed by atoms with van der Waals surface area (Å²) in [7, 11) is 0. The van der Waals surface area contributed by atoms with Crippen molar-refractivity contribution in [3.05, 3.63) is 29.3 Å². The Balaban J connectivity index is 1.64. The van der Waals surface area contributed by atoms with Crippen LogP contribution in [0, 0.1) is 6.92 Å². The van der Waals surface area contributed by atoms with Crippen molar-refractivity contribution in [2.24, 2.45) is 5.73 Å². The first-order chi connectivity index (χ1) is 10.1. The third-order valence-electron chi connectivity index (χ3n) is 4.30. The van der Waals surface area contributed by atoms with Crippen LogP contribution in [0.4, 0.5) is 10.5 Å². The van der Waals surface area contributed by atoms with Gasteiger partial charge >= 0.3 is 6.03 Å². The second kappa shape index (κ2) is 5.27. The van der Waals surface area contributed by atoms with Crippen molar-refractivity contribution in [2.75, 3.05) is 31.5 Å². The molecule has 1 fully saturated rings. The standard InChI is InChI=1S/C15H20N4O2/c1-10-3-2-4-11-9-12(17-13(10)11)14(20)18-5-7-19(8-6-18)15(16)21/h2-4,12,17H,5-9H2,1H3,(H2,16,21). The van der Waals surface area contributed by atoms with E-state index in [1.807, 2.05) is 24.0 Å². The molecule has 1 aromatic rings. The number of fused-ring (bicyclic) bond motifs is 1. The molecule has 21 heavy (non-hydrogen) atoms. The van der Waals surface area contributed by atoms with Crippen LogP contribution >= 0.6 is 0 Å². The quantitative estimate of drug-likeness (QED) is 0.792. The lowest BCUT2D eigenvalue weighted by Crippen LogP contribution is -2.54. The number of hydrogen-bond donors (Lipinski definition) is 2. The molecule has 3 amide bonds. The molecule has 0 radical (unpaired) electrons. The minimum atomic E-state index is -0.413. The van der Waals surface area contributed by atoms with E-state index in [-0.39, 0.29) is 11.9 Å². The molecule has 2 heterocycles. The van der Waals surface area contributed by atoms with Crippen molar-refractivity contribution in [2.45, 2.75) is 19.4 Å². The van der Waals surface area contributed by atoms with Gasteiger partial charge in [-0.25, -0.2) is 4.79 Å². The summed E-state index contributed by atoms with van der Waals surface area (Å²) < 4.78 is 0. The second-order valence-corrected chi connectivity index (χ2v) is 5.66. The SMILES string of the molecule is Cc1cccc2c1NC(C(=O)N1CCN(C(N)=O)CC1)C2. The predicted octanol–water partition coefficient (Wildman–Crippen LogP) is 0.555. The Morgan fingerprint density at radius 2 is 1.86 bits per heavy atom. The average molecular weight is 288 g/mol. The average Bonchev–Trinajstić information content (AvgIpc) is 2.92. The summed E-state index contributed by atoms with van der Waals surface area (Å²) in [5.41, 5.74) is 8.71. The number of anilines is 1. The highest BCUT2D eigenvalue weighted by Gasteiger charge is 2.32. The van der Waals surface area contributed by atoms with Gasteiger partial charge in [0.1, 0.15) is 6.04 Å². The molecule has 1 atom stereocenters. The molecule has 1 unspecified atom stereocenters. The number of aryl methyl sites for hydroxylation is 1. The number of amides is 3. The Morgan fingerprint density at radius 1 is 1.19 bits per heavy atom. The van der Waals surface area contributed by atoms with Crippen LogP contribution in [-0.4, -0.2) is 54.0 Å². The minimum Gasteiger partial charge on any atom is -0.373 e. The Hall–Kier alpha value is -2.24. The number of carbonyl (C=O) groups excluding carboxylic acids is 2. The summed E-state index contributed by atoms with van der Waals surface area (Å²) in [5, 5.41) is 3.34. The third-order valence-corrected chi connectivity index (χ3v) is 4.30. The fraction of sp³-hybridized carbons (Fsp3) is 0.467.